The van der Waals surface area contributed by atoms with Crippen LogP contribution in [-0.2, 0) is 29.4 Å². The molecule has 4 aromatic carbocycles. The summed E-state index contributed by atoms with van der Waals surface area (Å²) in [5.41, 5.74) is 0.415. The zero-order valence-corrected chi connectivity index (χ0v) is 34.4. The first-order valence-corrected chi connectivity index (χ1v) is 21.3. The molecule has 6 aromatic rings. The summed E-state index contributed by atoms with van der Waals surface area (Å²) in [4.78, 5) is 15.6. The Bertz CT molecular complexity index is 2850. The van der Waals surface area contributed by atoms with Gasteiger partial charge in [0.2, 0.25) is 5.52 Å². The Labute approximate surface area is 342 Å². The van der Waals surface area contributed by atoms with E-state index in [-0.39, 0.29) is 38.7 Å². The van der Waals surface area contributed by atoms with Gasteiger partial charge in [0.25, 0.3) is 10.6 Å². The van der Waals surface area contributed by atoms with Gasteiger partial charge in [0.05, 0.1) is 39.0 Å². The average molecular weight is 879 g/mol. The maximum absolute atomic E-state index is 14.5. The average Bonchev–Trinajstić information content (AvgIpc) is 3.80. The third-order valence-electron chi connectivity index (χ3n) is 9.57. The van der Waals surface area contributed by atoms with Crippen molar-refractivity contribution in [1.29, 1.82) is 0 Å². The number of alkyl halides is 7. The molecule has 0 radical (unpaired) electrons. The van der Waals surface area contributed by atoms with E-state index in [1.807, 2.05) is 45.0 Å². The Morgan fingerprint density at radius 2 is 1.54 bits per heavy atom. The molecule has 0 fully saturated rings. The molecule has 0 aliphatic carbocycles. The molecule has 59 heavy (non-hydrogen) atoms. The molecule has 312 valence electrons. The van der Waals surface area contributed by atoms with E-state index >= 15 is 0 Å². The molecular weight excluding hydrogens is 842 g/mol. The van der Waals surface area contributed by atoms with E-state index in [4.69, 9.17) is 0 Å². The van der Waals surface area contributed by atoms with Crippen LogP contribution in [0, 0.1) is 6.92 Å². The molecule has 1 aliphatic heterocycles. The van der Waals surface area contributed by atoms with Crippen molar-refractivity contribution in [2.45, 2.75) is 64.2 Å². The van der Waals surface area contributed by atoms with Gasteiger partial charge in [-0.15, -0.1) is 11.3 Å². The number of allylic oxidation sites excluding steroid dienone is 1. The quantitative estimate of drug-likeness (QED) is 0.0827. The third-order valence-corrected chi connectivity index (χ3v) is 12.7. The normalized spacial score (nSPS) is 14.9. The van der Waals surface area contributed by atoms with E-state index in [0.29, 0.717) is 23.8 Å². The molecule has 18 heteroatoms. The fraction of sp³-hybridized carbons (Fsp3) is 0.268. The van der Waals surface area contributed by atoms with Gasteiger partial charge in [0.15, 0.2) is 0 Å². The summed E-state index contributed by atoms with van der Waals surface area (Å²) in [7, 11) is -4.27. The topological polar surface area (TPSA) is 89.6 Å². The number of benzene rings is 4. The van der Waals surface area contributed by atoms with Crippen molar-refractivity contribution >= 4 is 77.3 Å². The van der Waals surface area contributed by atoms with Crippen molar-refractivity contribution in [1.82, 2.24) is 4.57 Å². The fourth-order valence-corrected chi connectivity index (χ4v) is 9.57. The molecule has 8 nitrogen and oxygen atoms in total. The van der Waals surface area contributed by atoms with Gasteiger partial charge in [-0.05, 0) is 81.6 Å². The highest BCUT2D eigenvalue weighted by molar-refractivity contribution is 7.85. The summed E-state index contributed by atoms with van der Waals surface area (Å²) >= 11 is 2.77. The van der Waals surface area contributed by atoms with E-state index < -0.39 is 40.8 Å². The number of hydrogen-bond donors (Lipinski definition) is 0. The molecule has 3 heterocycles. The highest BCUT2D eigenvalue weighted by atomic mass is 32.2. The fourth-order valence-electron chi connectivity index (χ4n) is 6.68. The standard InChI is InChI=1S/C34H30F7N4OS2.C7H8O3S/c1-4-42-23-14-12-21(34(39,40)41)17-25(23)45(19-33(37,38)32(35)36)27(42)16-15-26-31(46)44(6-3)29(47-26)18-28-43(5-2)24-13-11-20-9-7-8-10-22(20)30(24)48-28;1-6-2-4-7(5-3-6)11(8,9)10/h7-18,32H,4-6,19H2,1-3H3;2-5H,1H3,(H,8,9,10)/q+1;/p-1. The van der Waals surface area contributed by atoms with E-state index in [1.165, 1.54) is 40.5 Å². The summed E-state index contributed by atoms with van der Waals surface area (Å²) in [6.45, 7) is 6.92. The summed E-state index contributed by atoms with van der Waals surface area (Å²) < 4.78 is 133. The van der Waals surface area contributed by atoms with Crippen LogP contribution in [0.1, 0.15) is 36.9 Å². The third kappa shape index (κ3) is 8.95. The van der Waals surface area contributed by atoms with Gasteiger partial charge in [-0.2, -0.15) is 26.5 Å². The zero-order valence-electron chi connectivity index (χ0n) is 31.9. The van der Waals surface area contributed by atoms with Crippen molar-refractivity contribution in [2.75, 3.05) is 22.9 Å². The van der Waals surface area contributed by atoms with Crippen LogP contribution >= 0.6 is 22.7 Å². The molecule has 0 amide bonds. The number of aryl methyl sites for hydroxylation is 2. The summed E-state index contributed by atoms with van der Waals surface area (Å²) in [6.07, 6.45) is -4.16. The summed E-state index contributed by atoms with van der Waals surface area (Å²) in [5.74, 6) is -4.58. The SMILES string of the molecule is CCN1C(=CC=c2sc(=Cc3sc4c5ccccc5ccc4[n+]3CC)n(CC)c2=O)N(CC(F)(F)C(F)F)c2cc(C(F)(F)F)ccc21.Cc1ccc(S(=O)(=O)[O-])cc1. The Kier molecular flexibility index (Phi) is 12.5. The monoisotopic (exact) mass is 878 g/mol. The zero-order chi connectivity index (χ0) is 43.0. The number of halogens is 7. The number of hydrogen-bond acceptors (Lipinski definition) is 8. The predicted octanol–water partition coefficient (Wildman–Crippen LogP) is 8.22. The molecule has 7 rings (SSSR count). The Balaban J connectivity index is 0.000000461. The minimum absolute atomic E-state index is 0.0475. The van der Waals surface area contributed by atoms with Crippen LogP contribution < -0.4 is 29.1 Å². The molecule has 1 aliphatic rings. The Hall–Kier alpha value is -5.04. The second kappa shape index (κ2) is 16.9. The van der Waals surface area contributed by atoms with E-state index in [2.05, 4.69) is 22.8 Å². The van der Waals surface area contributed by atoms with E-state index in [0.717, 1.165) is 48.6 Å². The molecule has 0 N–H and O–H groups in total. The maximum atomic E-state index is 14.5. The first-order valence-electron chi connectivity index (χ1n) is 18.2. The lowest BCUT2D eigenvalue weighted by molar-refractivity contribution is -0.665. The van der Waals surface area contributed by atoms with Gasteiger partial charge in [0, 0.05) is 24.5 Å². The first-order chi connectivity index (χ1) is 27.8. The molecule has 0 spiro atoms. The Morgan fingerprint density at radius 1 is 0.847 bits per heavy atom. The summed E-state index contributed by atoms with van der Waals surface area (Å²) in [6, 6.07) is 20.6. The number of nitrogens with zero attached hydrogens (tertiary/aromatic N) is 4. The highest BCUT2D eigenvalue weighted by Gasteiger charge is 2.46. The van der Waals surface area contributed by atoms with Crippen LogP contribution in [0.2, 0.25) is 0 Å². The van der Waals surface area contributed by atoms with Gasteiger partial charge in [-0.25, -0.2) is 17.2 Å². The van der Waals surface area contributed by atoms with Crippen LogP contribution in [0.15, 0.2) is 100 Å². The largest absolute Gasteiger partial charge is 0.744 e. The van der Waals surface area contributed by atoms with Crippen molar-refractivity contribution in [2.24, 2.45) is 0 Å². The minimum Gasteiger partial charge on any atom is -0.744 e. The number of aromatic nitrogens is 2. The molecule has 0 atom stereocenters. The molecule has 2 aromatic heterocycles. The number of thiazole rings is 2. The van der Waals surface area contributed by atoms with Gasteiger partial charge < -0.3 is 14.4 Å². The lowest BCUT2D eigenvalue weighted by Crippen LogP contribution is -2.42. The van der Waals surface area contributed by atoms with Crippen molar-refractivity contribution in [3.05, 3.63) is 126 Å². The Morgan fingerprint density at radius 3 is 2.15 bits per heavy atom. The van der Waals surface area contributed by atoms with Crippen LogP contribution in [0.3, 0.4) is 0 Å². The maximum Gasteiger partial charge on any atom is 0.416 e. The van der Waals surface area contributed by atoms with Crippen LogP contribution in [0.5, 0.6) is 0 Å². The van der Waals surface area contributed by atoms with E-state index in [9.17, 15) is 48.5 Å². The first kappa shape index (κ1) is 43.5. The minimum atomic E-state index is -4.78. The van der Waals surface area contributed by atoms with Crippen LogP contribution in [-0.4, -0.2) is 43.0 Å². The van der Waals surface area contributed by atoms with Crippen molar-refractivity contribution < 1.29 is 48.3 Å². The molecule has 0 saturated heterocycles. The van der Waals surface area contributed by atoms with Crippen LogP contribution in [0.4, 0.5) is 42.1 Å². The number of rotatable bonds is 9. The predicted molar refractivity (Wildman–Crippen MR) is 217 cm³/mol. The lowest BCUT2D eigenvalue weighted by atomic mass is 10.1. The van der Waals surface area contributed by atoms with E-state index in [1.54, 1.807) is 35.0 Å². The molecular formula is C41H37F7N4O4S3. The molecule has 0 unspecified atom stereocenters. The van der Waals surface area contributed by atoms with Crippen molar-refractivity contribution in [3.63, 3.8) is 0 Å². The second-order valence-corrected chi connectivity index (χ2v) is 16.8. The molecule has 0 saturated carbocycles. The summed E-state index contributed by atoms with van der Waals surface area (Å²) in [5, 5.41) is 3.14. The van der Waals surface area contributed by atoms with Gasteiger partial charge in [-0.3, -0.25) is 9.36 Å². The van der Waals surface area contributed by atoms with Crippen molar-refractivity contribution in [3.8, 4) is 0 Å². The highest BCUT2D eigenvalue weighted by Crippen LogP contribution is 2.46. The number of fused-ring (bicyclic) bond motifs is 4. The van der Waals surface area contributed by atoms with Gasteiger partial charge in [0.1, 0.15) is 31.8 Å². The number of anilines is 2. The molecule has 0 bridgehead atoms. The van der Waals surface area contributed by atoms with Gasteiger partial charge in [-0.1, -0.05) is 53.3 Å². The van der Waals surface area contributed by atoms with Gasteiger partial charge >= 0.3 is 18.5 Å². The lowest BCUT2D eigenvalue weighted by Gasteiger charge is -2.28. The smallest absolute Gasteiger partial charge is 0.416 e. The van der Waals surface area contributed by atoms with Crippen LogP contribution in [0.25, 0.3) is 33.1 Å². The second-order valence-electron chi connectivity index (χ2n) is 13.4.